The summed E-state index contributed by atoms with van der Waals surface area (Å²) in [7, 11) is 3.32. The standard InChI is InChI=1S/C13H23NO3S/c1-14-13(12(15)16-2)6-5-11(8-13)18-9-10-4-3-7-17-10/h10-11,14H,3-9H2,1-2H3. The number of carbonyl (C=O) groups is 1. The molecule has 1 N–H and O–H groups in total. The van der Waals surface area contributed by atoms with Gasteiger partial charge in [0.1, 0.15) is 5.54 Å². The fourth-order valence-corrected chi connectivity index (χ4v) is 4.31. The Labute approximate surface area is 113 Å². The predicted molar refractivity (Wildman–Crippen MR) is 72.9 cm³/mol. The summed E-state index contributed by atoms with van der Waals surface area (Å²) >= 11 is 1.95. The summed E-state index contributed by atoms with van der Waals surface area (Å²) in [5.74, 6) is 0.941. The molecule has 104 valence electrons. The van der Waals surface area contributed by atoms with Crippen LogP contribution >= 0.6 is 11.8 Å². The lowest BCUT2D eigenvalue weighted by atomic mass is 9.98. The summed E-state index contributed by atoms with van der Waals surface area (Å²) in [4.78, 5) is 11.9. The van der Waals surface area contributed by atoms with Crippen molar-refractivity contribution in [1.29, 1.82) is 0 Å². The minimum Gasteiger partial charge on any atom is -0.468 e. The van der Waals surface area contributed by atoms with Crippen LogP contribution in [0.1, 0.15) is 32.1 Å². The number of thioether (sulfide) groups is 1. The van der Waals surface area contributed by atoms with Gasteiger partial charge < -0.3 is 14.8 Å². The van der Waals surface area contributed by atoms with Crippen LogP contribution in [0.2, 0.25) is 0 Å². The van der Waals surface area contributed by atoms with Gasteiger partial charge in [0, 0.05) is 17.6 Å². The SMILES string of the molecule is CNC1(C(=O)OC)CCC(SCC2CCCO2)C1. The second kappa shape index (κ2) is 6.26. The van der Waals surface area contributed by atoms with Gasteiger partial charge >= 0.3 is 5.97 Å². The number of rotatable bonds is 5. The molecule has 5 heteroatoms. The lowest BCUT2D eigenvalue weighted by molar-refractivity contribution is -0.148. The highest BCUT2D eigenvalue weighted by Crippen LogP contribution is 2.38. The maximum absolute atomic E-state index is 11.9. The van der Waals surface area contributed by atoms with Crippen LogP contribution in [-0.2, 0) is 14.3 Å². The molecule has 0 spiro atoms. The average molecular weight is 273 g/mol. The van der Waals surface area contributed by atoms with Crippen molar-refractivity contribution < 1.29 is 14.3 Å². The molecule has 4 nitrogen and oxygen atoms in total. The van der Waals surface area contributed by atoms with E-state index in [0.717, 1.165) is 31.6 Å². The first-order valence-electron chi connectivity index (χ1n) is 6.71. The third-order valence-electron chi connectivity index (χ3n) is 4.07. The Morgan fingerprint density at radius 3 is 3.00 bits per heavy atom. The molecular weight excluding hydrogens is 250 g/mol. The maximum atomic E-state index is 11.9. The van der Waals surface area contributed by atoms with E-state index >= 15 is 0 Å². The number of hydrogen-bond donors (Lipinski definition) is 1. The van der Waals surface area contributed by atoms with E-state index in [1.54, 1.807) is 0 Å². The highest BCUT2D eigenvalue weighted by molar-refractivity contribution is 7.99. The first-order valence-corrected chi connectivity index (χ1v) is 7.75. The van der Waals surface area contributed by atoms with Crippen molar-refractivity contribution in [2.45, 2.75) is 49.0 Å². The molecule has 1 saturated carbocycles. The summed E-state index contributed by atoms with van der Waals surface area (Å²) in [5.41, 5.74) is -0.455. The second-order valence-corrected chi connectivity index (χ2v) is 6.49. The Bertz CT molecular complexity index is 294. The van der Waals surface area contributed by atoms with E-state index in [4.69, 9.17) is 9.47 Å². The molecule has 2 rings (SSSR count). The number of carbonyl (C=O) groups excluding carboxylic acids is 1. The van der Waals surface area contributed by atoms with Crippen molar-refractivity contribution in [3.05, 3.63) is 0 Å². The number of methoxy groups -OCH3 is 1. The van der Waals surface area contributed by atoms with Gasteiger partial charge in [0.05, 0.1) is 13.2 Å². The molecular formula is C13H23NO3S. The lowest BCUT2D eigenvalue weighted by Gasteiger charge is -2.25. The van der Waals surface area contributed by atoms with Gasteiger partial charge in [-0.2, -0.15) is 11.8 Å². The van der Waals surface area contributed by atoms with Crippen LogP contribution in [0.4, 0.5) is 0 Å². The van der Waals surface area contributed by atoms with E-state index in [2.05, 4.69) is 5.32 Å². The largest absolute Gasteiger partial charge is 0.468 e. The molecule has 1 aliphatic heterocycles. The minimum atomic E-state index is -0.455. The molecule has 0 bridgehead atoms. The zero-order valence-electron chi connectivity index (χ0n) is 11.2. The van der Waals surface area contributed by atoms with Gasteiger partial charge in [-0.15, -0.1) is 0 Å². The molecule has 0 amide bonds. The van der Waals surface area contributed by atoms with Crippen LogP contribution in [0.15, 0.2) is 0 Å². The van der Waals surface area contributed by atoms with Gasteiger partial charge in [-0.3, -0.25) is 4.79 Å². The van der Waals surface area contributed by atoms with E-state index in [1.807, 2.05) is 18.8 Å². The summed E-state index contributed by atoms with van der Waals surface area (Å²) in [5, 5.41) is 3.71. The molecule has 0 aromatic rings. The molecule has 0 radical (unpaired) electrons. The topological polar surface area (TPSA) is 47.6 Å². The van der Waals surface area contributed by atoms with E-state index in [-0.39, 0.29) is 5.97 Å². The lowest BCUT2D eigenvalue weighted by Crippen LogP contribution is -2.49. The maximum Gasteiger partial charge on any atom is 0.326 e. The summed E-state index contributed by atoms with van der Waals surface area (Å²) in [6.45, 7) is 0.915. The zero-order chi connectivity index (χ0) is 13.0. The Balaban J connectivity index is 1.80. The van der Waals surface area contributed by atoms with Gasteiger partial charge in [0.2, 0.25) is 0 Å². The van der Waals surface area contributed by atoms with Crippen LogP contribution in [0.25, 0.3) is 0 Å². The smallest absolute Gasteiger partial charge is 0.326 e. The first kappa shape index (κ1) is 14.2. The minimum absolute atomic E-state index is 0.120. The van der Waals surface area contributed by atoms with Gasteiger partial charge in [-0.05, 0) is 39.2 Å². The number of esters is 1. The van der Waals surface area contributed by atoms with Crippen molar-refractivity contribution in [3.63, 3.8) is 0 Å². The number of hydrogen-bond acceptors (Lipinski definition) is 5. The van der Waals surface area contributed by atoms with Crippen molar-refractivity contribution >= 4 is 17.7 Å². The highest BCUT2D eigenvalue weighted by Gasteiger charge is 2.45. The van der Waals surface area contributed by atoms with Crippen molar-refractivity contribution in [2.24, 2.45) is 0 Å². The van der Waals surface area contributed by atoms with Gasteiger partial charge in [-0.25, -0.2) is 0 Å². The molecule has 2 fully saturated rings. The average Bonchev–Trinajstić information content (AvgIpc) is 3.05. The Morgan fingerprint density at radius 2 is 2.39 bits per heavy atom. The van der Waals surface area contributed by atoms with Gasteiger partial charge in [0.15, 0.2) is 0 Å². The van der Waals surface area contributed by atoms with E-state index < -0.39 is 5.54 Å². The zero-order valence-corrected chi connectivity index (χ0v) is 12.1. The van der Waals surface area contributed by atoms with Crippen LogP contribution in [0, 0.1) is 0 Å². The molecule has 18 heavy (non-hydrogen) atoms. The molecule has 0 aromatic carbocycles. The van der Waals surface area contributed by atoms with Crippen LogP contribution in [-0.4, -0.2) is 49.4 Å². The molecule has 1 aliphatic carbocycles. The fraction of sp³-hybridized carbons (Fsp3) is 0.923. The number of ether oxygens (including phenoxy) is 2. The number of nitrogens with one attached hydrogen (secondary N) is 1. The molecule has 2 aliphatic rings. The Hall–Kier alpha value is -0.260. The van der Waals surface area contributed by atoms with Crippen molar-refractivity contribution in [1.82, 2.24) is 5.32 Å². The van der Waals surface area contributed by atoms with Gasteiger partial charge in [-0.1, -0.05) is 0 Å². The Kier molecular flexibility index (Phi) is 4.92. The summed E-state index contributed by atoms with van der Waals surface area (Å²) < 4.78 is 10.6. The third-order valence-corrected chi connectivity index (χ3v) is 5.50. The monoisotopic (exact) mass is 273 g/mol. The molecule has 3 unspecified atom stereocenters. The third kappa shape index (κ3) is 3.00. The van der Waals surface area contributed by atoms with Crippen LogP contribution < -0.4 is 5.32 Å². The highest BCUT2D eigenvalue weighted by atomic mass is 32.2. The van der Waals surface area contributed by atoms with E-state index in [1.165, 1.54) is 20.0 Å². The normalized spacial score (nSPS) is 35.9. The Morgan fingerprint density at radius 1 is 1.56 bits per heavy atom. The molecule has 1 heterocycles. The first-order chi connectivity index (χ1) is 8.70. The van der Waals surface area contributed by atoms with Crippen LogP contribution in [0.5, 0.6) is 0 Å². The second-order valence-electron chi connectivity index (χ2n) is 5.16. The summed E-state index contributed by atoms with van der Waals surface area (Å²) in [6.07, 6.45) is 5.63. The molecule has 1 saturated heterocycles. The van der Waals surface area contributed by atoms with Crippen LogP contribution in [0.3, 0.4) is 0 Å². The predicted octanol–water partition coefficient (Wildman–Crippen LogP) is 1.58. The van der Waals surface area contributed by atoms with E-state index in [9.17, 15) is 4.79 Å². The molecule has 3 atom stereocenters. The van der Waals surface area contributed by atoms with E-state index in [0.29, 0.717) is 11.4 Å². The van der Waals surface area contributed by atoms with Crippen molar-refractivity contribution in [3.8, 4) is 0 Å². The number of likely N-dealkylation sites (N-methyl/N-ethyl adjacent to an activating group) is 1. The van der Waals surface area contributed by atoms with Crippen molar-refractivity contribution in [2.75, 3.05) is 26.5 Å². The fourth-order valence-electron chi connectivity index (χ4n) is 2.87. The molecule has 0 aromatic heterocycles. The summed E-state index contributed by atoms with van der Waals surface area (Å²) in [6, 6.07) is 0. The quantitative estimate of drug-likeness (QED) is 0.771. The van der Waals surface area contributed by atoms with Gasteiger partial charge in [0.25, 0.3) is 0 Å².